The molecule has 1 aromatic heterocycles. The fraction of sp³-hybridized carbons (Fsp3) is 0.438. The van der Waals surface area contributed by atoms with Crippen molar-refractivity contribution < 1.29 is 4.74 Å². The highest BCUT2D eigenvalue weighted by Gasteiger charge is 2.07. The molecule has 1 unspecified atom stereocenters. The zero-order valence-corrected chi connectivity index (χ0v) is 13.2. The van der Waals surface area contributed by atoms with Gasteiger partial charge < -0.3 is 10.1 Å². The second-order valence-electron chi connectivity index (χ2n) is 4.76. The Bertz CT molecular complexity index is 522. The predicted molar refractivity (Wildman–Crippen MR) is 84.3 cm³/mol. The zero-order valence-electron chi connectivity index (χ0n) is 12.3. The van der Waals surface area contributed by atoms with Gasteiger partial charge in [0, 0.05) is 17.1 Å². The van der Waals surface area contributed by atoms with E-state index in [1.165, 1.54) is 5.56 Å². The van der Waals surface area contributed by atoms with Crippen molar-refractivity contribution in [1.82, 2.24) is 10.3 Å². The number of aromatic nitrogens is 1. The van der Waals surface area contributed by atoms with Crippen LogP contribution in [0.25, 0.3) is 0 Å². The molecule has 20 heavy (non-hydrogen) atoms. The van der Waals surface area contributed by atoms with Crippen molar-refractivity contribution in [3.05, 3.63) is 45.9 Å². The van der Waals surface area contributed by atoms with Gasteiger partial charge in [0.05, 0.1) is 0 Å². The van der Waals surface area contributed by atoms with E-state index in [1.54, 1.807) is 11.3 Å². The molecule has 4 heteroatoms. The van der Waals surface area contributed by atoms with Crippen molar-refractivity contribution in [1.29, 1.82) is 0 Å². The van der Waals surface area contributed by atoms with Crippen molar-refractivity contribution in [3.8, 4) is 5.75 Å². The van der Waals surface area contributed by atoms with Gasteiger partial charge in [-0.05, 0) is 37.6 Å². The molecule has 0 saturated carbocycles. The lowest BCUT2D eigenvalue weighted by atomic mass is 10.0. The third-order valence-electron chi connectivity index (χ3n) is 3.17. The Balaban J connectivity index is 1.94. The predicted octanol–water partition coefficient (Wildman–Crippen LogP) is 4.09. The minimum absolute atomic E-state index is 0.427. The molecule has 0 saturated heterocycles. The Labute approximate surface area is 125 Å². The van der Waals surface area contributed by atoms with E-state index in [4.69, 9.17) is 4.74 Å². The average Bonchev–Trinajstić information content (AvgIpc) is 2.89. The highest BCUT2D eigenvalue weighted by Crippen LogP contribution is 2.21. The summed E-state index contributed by atoms with van der Waals surface area (Å²) in [7, 11) is 0. The van der Waals surface area contributed by atoms with Crippen LogP contribution in [0.3, 0.4) is 0 Å². The lowest BCUT2D eigenvalue weighted by molar-refractivity contribution is 0.305. The van der Waals surface area contributed by atoms with E-state index in [-0.39, 0.29) is 0 Å². The van der Waals surface area contributed by atoms with E-state index >= 15 is 0 Å². The Morgan fingerprint density at radius 1 is 1.25 bits per heavy atom. The number of thiazole rings is 1. The summed E-state index contributed by atoms with van der Waals surface area (Å²) in [6, 6.07) is 8.78. The van der Waals surface area contributed by atoms with Gasteiger partial charge in [-0.1, -0.05) is 26.0 Å². The third kappa shape index (κ3) is 4.05. The van der Waals surface area contributed by atoms with Crippen molar-refractivity contribution in [2.45, 2.75) is 39.8 Å². The maximum absolute atomic E-state index is 5.76. The molecule has 1 atom stereocenters. The molecule has 0 aliphatic carbocycles. The van der Waals surface area contributed by atoms with Crippen LogP contribution in [-0.2, 0) is 6.61 Å². The maximum Gasteiger partial charge on any atom is 0.140 e. The number of nitrogens with one attached hydrogen (secondary N) is 1. The monoisotopic (exact) mass is 290 g/mol. The third-order valence-corrected chi connectivity index (χ3v) is 4.11. The van der Waals surface area contributed by atoms with E-state index < -0.39 is 0 Å². The fourth-order valence-corrected chi connectivity index (χ4v) is 2.84. The van der Waals surface area contributed by atoms with Gasteiger partial charge in [0.15, 0.2) is 0 Å². The smallest absolute Gasteiger partial charge is 0.140 e. The fourth-order valence-electron chi connectivity index (χ4n) is 2.15. The molecule has 2 aromatic rings. The molecule has 1 N–H and O–H groups in total. The quantitative estimate of drug-likeness (QED) is 0.834. The first-order valence-electron chi connectivity index (χ1n) is 7.10. The molecule has 1 heterocycles. The van der Waals surface area contributed by atoms with Gasteiger partial charge in [-0.2, -0.15) is 0 Å². The molecule has 0 aliphatic rings. The molecule has 0 fully saturated rings. The topological polar surface area (TPSA) is 34.1 Å². The molecular weight excluding hydrogens is 268 g/mol. The first kappa shape index (κ1) is 15.0. The molecule has 3 nitrogen and oxygen atoms in total. The molecule has 2 rings (SSSR count). The van der Waals surface area contributed by atoms with Crippen molar-refractivity contribution >= 4 is 11.3 Å². The first-order valence-corrected chi connectivity index (χ1v) is 7.98. The molecule has 0 bridgehead atoms. The first-order chi connectivity index (χ1) is 9.72. The van der Waals surface area contributed by atoms with Gasteiger partial charge in [0.2, 0.25) is 0 Å². The Morgan fingerprint density at radius 3 is 2.55 bits per heavy atom. The van der Waals surface area contributed by atoms with Gasteiger partial charge in [0.1, 0.15) is 17.4 Å². The number of ether oxygens (including phenoxy) is 1. The molecule has 1 aromatic carbocycles. The van der Waals surface area contributed by atoms with Crippen LogP contribution in [0, 0.1) is 6.92 Å². The average molecular weight is 290 g/mol. The van der Waals surface area contributed by atoms with E-state index in [1.807, 2.05) is 24.4 Å². The van der Waals surface area contributed by atoms with E-state index in [0.29, 0.717) is 12.6 Å². The lowest BCUT2D eigenvalue weighted by Crippen LogP contribution is -2.19. The minimum Gasteiger partial charge on any atom is -0.486 e. The van der Waals surface area contributed by atoms with E-state index in [0.717, 1.165) is 29.4 Å². The summed E-state index contributed by atoms with van der Waals surface area (Å²) in [5, 5.41) is 6.54. The van der Waals surface area contributed by atoms with E-state index in [9.17, 15) is 0 Å². The van der Waals surface area contributed by atoms with Gasteiger partial charge in [-0.25, -0.2) is 4.98 Å². The molecular formula is C16H22N2OS. The number of rotatable bonds is 7. The Hall–Kier alpha value is -1.39. The van der Waals surface area contributed by atoms with Crippen LogP contribution in [0.15, 0.2) is 29.6 Å². The van der Waals surface area contributed by atoms with Gasteiger partial charge in [-0.3, -0.25) is 0 Å². The SMILES string of the molecule is CCNC(CC)c1ccc(OCc2nc(C)cs2)cc1. The molecule has 108 valence electrons. The molecule has 0 amide bonds. The standard InChI is InChI=1S/C16H22N2OS/c1-4-15(17-5-2)13-6-8-14(9-7-13)19-10-16-18-12(3)11-20-16/h6-9,11,15,17H,4-5,10H2,1-3H3. The van der Waals surface area contributed by atoms with Crippen LogP contribution in [0.2, 0.25) is 0 Å². The zero-order chi connectivity index (χ0) is 14.4. The number of aryl methyl sites for hydroxylation is 1. The normalized spacial score (nSPS) is 12.3. The Morgan fingerprint density at radius 2 is 2.00 bits per heavy atom. The number of benzene rings is 1. The van der Waals surface area contributed by atoms with Crippen LogP contribution >= 0.6 is 11.3 Å². The van der Waals surface area contributed by atoms with Crippen molar-refractivity contribution in [3.63, 3.8) is 0 Å². The minimum atomic E-state index is 0.427. The van der Waals surface area contributed by atoms with Crippen LogP contribution in [0.5, 0.6) is 5.75 Å². The summed E-state index contributed by atoms with van der Waals surface area (Å²) in [5.41, 5.74) is 2.37. The molecule has 0 spiro atoms. The van der Waals surface area contributed by atoms with Crippen LogP contribution in [0.4, 0.5) is 0 Å². The largest absolute Gasteiger partial charge is 0.486 e. The summed E-state index contributed by atoms with van der Waals surface area (Å²) >= 11 is 1.64. The van der Waals surface area contributed by atoms with Crippen LogP contribution in [0.1, 0.15) is 42.6 Å². The van der Waals surface area contributed by atoms with E-state index in [2.05, 4.69) is 36.3 Å². The summed E-state index contributed by atoms with van der Waals surface area (Å²) in [4.78, 5) is 4.39. The van der Waals surface area contributed by atoms with Gasteiger partial charge >= 0.3 is 0 Å². The second kappa shape index (κ2) is 7.41. The van der Waals surface area contributed by atoms with Crippen LogP contribution < -0.4 is 10.1 Å². The number of hydrogen-bond donors (Lipinski definition) is 1. The van der Waals surface area contributed by atoms with Crippen molar-refractivity contribution in [2.24, 2.45) is 0 Å². The highest BCUT2D eigenvalue weighted by atomic mass is 32.1. The lowest BCUT2D eigenvalue weighted by Gasteiger charge is -2.16. The Kier molecular flexibility index (Phi) is 5.56. The van der Waals surface area contributed by atoms with Crippen molar-refractivity contribution in [2.75, 3.05) is 6.54 Å². The van der Waals surface area contributed by atoms with Crippen LogP contribution in [-0.4, -0.2) is 11.5 Å². The summed E-state index contributed by atoms with van der Waals surface area (Å²) < 4.78 is 5.76. The highest BCUT2D eigenvalue weighted by molar-refractivity contribution is 7.09. The summed E-state index contributed by atoms with van der Waals surface area (Å²) in [6.45, 7) is 7.86. The maximum atomic E-state index is 5.76. The number of hydrogen-bond acceptors (Lipinski definition) is 4. The molecule has 0 aliphatic heterocycles. The molecule has 0 radical (unpaired) electrons. The summed E-state index contributed by atoms with van der Waals surface area (Å²) in [6.07, 6.45) is 1.09. The summed E-state index contributed by atoms with van der Waals surface area (Å²) in [5.74, 6) is 0.896. The van der Waals surface area contributed by atoms with Gasteiger partial charge in [0.25, 0.3) is 0 Å². The second-order valence-corrected chi connectivity index (χ2v) is 5.70. The number of nitrogens with zero attached hydrogens (tertiary/aromatic N) is 1. The van der Waals surface area contributed by atoms with Gasteiger partial charge in [-0.15, -0.1) is 11.3 Å².